The minimum Gasteiger partial charge on any atom is -0.496 e. The molecule has 2 aromatic rings. The summed E-state index contributed by atoms with van der Waals surface area (Å²) in [4.78, 5) is 23.0. The number of methoxy groups -OCH3 is 1. The van der Waals surface area contributed by atoms with Gasteiger partial charge in [0.25, 0.3) is 5.69 Å². The van der Waals surface area contributed by atoms with E-state index in [4.69, 9.17) is 4.74 Å². The summed E-state index contributed by atoms with van der Waals surface area (Å²) in [5.41, 5.74) is 2.32. The van der Waals surface area contributed by atoms with E-state index in [0.29, 0.717) is 11.5 Å². The number of hydrogen-bond donors (Lipinski definition) is 1. The third kappa shape index (κ3) is 4.96. The molecular weight excluding hydrogens is 340 g/mol. The molecule has 7 heteroatoms. The molecule has 0 saturated heterocycles. The number of ether oxygens (including phenoxy) is 1. The quantitative estimate of drug-likeness (QED) is 0.592. The number of nitro benzene ring substituents is 1. The van der Waals surface area contributed by atoms with Crippen molar-refractivity contribution in [1.29, 1.82) is 0 Å². The van der Waals surface area contributed by atoms with Crippen LogP contribution >= 0.6 is 11.8 Å². The topological polar surface area (TPSA) is 81.5 Å². The lowest BCUT2D eigenvalue weighted by molar-refractivity contribution is -0.384. The van der Waals surface area contributed by atoms with Crippen molar-refractivity contribution in [3.8, 4) is 5.75 Å². The van der Waals surface area contributed by atoms with E-state index in [0.717, 1.165) is 0 Å². The van der Waals surface area contributed by atoms with Gasteiger partial charge < -0.3 is 10.1 Å². The van der Waals surface area contributed by atoms with Crippen LogP contribution in [0.3, 0.4) is 0 Å². The molecule has 0 spiro atoms. The van der Waals surface area contributed by atoms with Gasteiger partial charge in [0, 0.05) is 5.75 Å². The fourth-order valence-electron chi connectivity index (χ4n) is 2.19. The molecule has 0 fully saturated rings. The number of amides is 1. The maximum absolute atomic E-state index is 12.4. The highest BCUT2D eigenvalue weighted by atomic mass is 32.2. The van der Waals surface area contributed by atoms with Crippen molar-refractivity contribution in [2.45, 2.75) is 24.9 Å². The number of carbonyl (C=O) groups is 1. The van der Waals surface area contributed by atoms with Crippen molar-refractivity contribution >= 4 is 29.0 Å². The van der Waals surface area contributed by atoms with Crippen LogP contribution in [0.5, 0.6) is 5.75 Å². The summed E-state index contributed by atoms with van der Waals surface area (Å²) in [6, 6.07) is 12.3. The standard InChI is InChI=1S/C18H20N2O4S/c1-12-6-4-5-7-14(12)11-25-13(2)18(21)19-16-9-8-15(24-3)10-17(16)20(22)23/h4-10,13H,11H2,1-3H3,(H,19,21)/t13-/m0/s1. The molecule has 0 saturated carbocycles. The van der Waals surface area contributed by atoms with Gasteiger partial charge in [0.2, 0.25) is 5.91 Å². The van der Waals surface area contributed by atoms with Crippen LogP contribution in [-0.2, 0) is 10.5 Å². The average molecular weight is 360 g/mol. The highest BCUT2D eigenvalue weighted by molar-refractivity contribution is 7.99. The van der Waals surface area contributed by atoms with Gasteiger partial charge in [-0.1, -0.05) is 24.3 Å². The molecule has 1 amide bonds. The fraction of sp³-hybridized carbons (Fsp3) is 0.278. The van der Waals surface area contributed by atoms with Crippen LogP contribution in [0.2, 0.25) is 0 Å². The highest BCUT2D eigenvalue weighted by Gasteiger charge is 2.20. The lowest BCUT2D eigenvalue weighted by Gasteiger charge is -2.13. The molecule has 2 aromatic carbocycles. The zero-order valence-electron chi connectivity index (χ0n) is 14.3. The molecule has 1 N–H and O–H groups in total. The minimum atomic E-state index is -0.538. The van der Waals surface area contributed by atoms with Gasteiger partial charge in [0.05, 0.1) is 23.3 Å². The van der Waals surface area contributed by atoms with E-state index in [2.05, 4.69) is 5.32 Å². The first-order chi connectivity index (χ1) is 11.9. The number of nitro groups is 1. The van der Waals surface area contributed by atoms with Gasteiger partial charge in [0.1, 0.15) is 11.4 Å². The smallest absolute Gasteiger partial charge is 0.296 e. The molecule has 0 aliphatic rings. The Hall–Kier alpha value is -2.54. The molecule has 0 unspecified atom stereocenters. The van der Waals surface area contributed by atoms with Gasteiger partial charge in [-0.2, -0.15) is 0 Å². The second-order valence-corrected chi connectivity index (χ2v) is 6.84. The molecule has 0 aliphatic heterocycles. The second kappa shape index (κ2) is 8.53. The van der Waals surface area contributed by atoms with E-state index in [9.17, 15) is 14.9 Å². The second-order valence-electron chi connectivity index (χ2n) is 5.51. The van der Waals surface area contributed by atoms with E-state index in [1.165, 1.54) is 42.1 Å². The lowest BCUT2D eigenvalue weighted by atomic mass is 10.1. The Bertz CT molecular complexity index is 779. The zero-order valence-corrected chi connectivity index (χ0v) is 15.1. The van der Waals surface area contributed by atoms with Gasteiger partial charge in [-0.3, -0.25) is 14.9 Å². The maximum Gasteiger partial charge on any atom is 0.296 e. The number of hydrogen-bond acceptors (Lipinski definition) is 5. The Morgan fingerprint density at radius 3 is 2.68 bits per heavy atom. The number of nitrogens with one attached hydrogen (secondary N) is 1. The zero-order chi connectivity index (χ0) is 18.4. The van der Waals surface area contributed by atoms with Crippen molar-refractivity contribution in [3.05, 3.63) is 63.7 Å². The first-order valence-electron chi connectivity index (χ1n) is 7.71. The molecule has 6 nitrogen and oxygen atoms in total. The molecule has 0 radical (unpaired) electrons. The summed E-state index contributed by atoms with van der Waals surface area (Å²) in [7, 11) is 1.43. The van der Waals surface area contributed by atoms with Gasteiger partial charge >= 0.3 is 0 Å². The van der Waals surface area contributed by atoms with Crippen LogP contribution in [0.4, 0.5) is 11.4 Å². The Morgan fingerprint density at radius 2 is 2.04 bits per heavy atom. The maximum atomic E-state index is 12.4. The molecule has 25 heavy (non-hydrogen) atoms. The molecule has 0 aromatic heterocycles. The number of nitrogens with zero attached hydrogens (tertiary/aromatic N) is 1. The van der Waals surface area contributed by atoms with Gasteiger partial charge in [0.15, 0.2) is 0 Å². The van der Waals surface area contributed by atoms with Gasteiger partial charge in [-0.25, -0.2) is 0 Å². The first-order valence-corrected chi connectivity index (χ1v) is 8.76. The summed E-state index contributed by atoms with van der Waals surface area (Å²) >= 11 is 1.49. The fourth-order valence-corrected chi connectivity index (χ4v) is 3.16. The van der Waals surface area contributed by atoms with Crippen LogP contribution in [0.25, 0.3) is 0 Å². The van der Waals surface area contributed by atoms with Crippen LogP contribution in [0.15, 0.2) is 42.5 Å². The molecule has 1 atom stereocenters. The van der Waals surface area contributed by atoms with Crippen molar-refractivity contribution in [1.82, 2.24) is 0 Å². The summed E-state index contributed by atoms with van der Waals surface area (Å²) in [6.45, 7) is 3.81. The largest absolute Gasteiger partial charge is 0.496 e. The van der Waals surface area contributed by atoms with Crippen LogP contribution in [0.1, 0.15) is 18.1 Å². The van der Waals surface area contributed by atoms with E-state index in [1.807, 2.05) is 31.2 Å². The van der Waals surface area contributed by atoms with Crippen molar-refractivity contribution < 1.29 is 14.5 Å². The van der Waals surface area contributed by atoms with E-state index in [-0.39, 0.29) is 22.5 Å². The molecule has 0 heterocycles. The number of anilines is 1. The van der Waals surface area contributed by atoms with Crippen molar-refractivity contribution in [2.24, 2.45) is 0 Å². The molecular formula is C18H20N2O4S. The number of rotatable bonds is 7. The molecule has 0 bridgehead atoms. The van der Waals surface area contributed by atoms with E-state index >= 15 is 0 Å². The third-order valence-electron chi connectivity index (χ3n) is 3.78. The SMILES string of the molecule is COc1ccc(NC(=O)[C@H](C)SCc2ccccc2C)c([N+](=O)[O-])c1. The van der Waals surface area contributed by atoms with Crippen LogP contribution in [0, 0.1) is 17.0 Å². The van der Waals surface area contributed by atoms with Crippen molar-refractivity contribution in [3.63, 3.8) is 0 Å². The Balaban J connectivity index is 2.04. The molecule has 132 valence electrons. The number of thioether (sulfide) groups is 1. The average Bonchev–Trinajstić information content (AvgIpc) is 2.60. The number of aryl methyl sites for hydroxylation is 1. The predicted octanol–water partition coefficient (Wildman–Crippen LogP) is 4.17. The van der Waals surface area contributed by atoms with Crippen molar-refractivity contribution in [2.75, 3.05) is 12.4 Å². The number of benzene rings is 2. The monoisotopic (exact) mass is 360 g/mol. The van der Waals surface area contributed by atoms with Gasteiger partial charge in [-0.05, 0) is 37.1 Å². The lowest BCUT2D eigenvalue weighted by Crippen LogP contribution is -2.23. The van der Waals surface area contributed by atoms with E-state index in [1.54, 1.807) is 13.0 Å². The molecule has 2 rings (SSSR count). The van der Waals surface area contributed by atoms with Crippen LogP contribution < -0.4 is 10.1 Å². The Labute approximate surface area is 150 Å². The summed E-state index contributed by atoms with van der Waals surface area (Å²) in [6.07, 6.45) is 0. The Morgan fingerprint density at radius 1 is 1.32 bits per heavy atom. The summed E-state index contributed by atoms with van der Waals surface area (Å²) in [5.74, 6) is 0.796. The summed E-state index contributed by atoms with van der Waals surface area (Å²) in [5, 5.41) is 13.5. The summed E-state index contributed by atoms with van der Waals surface area (Å²) < 4.78 is 4.99. The molecule has 0 aliphatic carbocycles. The first kappa shape index (κ1) is 18.8. The third-order valence-corrected chi connectivity index (χ3v) is 4.97. The normalized spacial score (nSPS) is 11.6. The minimum absolute atomic E-state index is 0.166. The predicted molar refractivity (Wildman–Crippen MR) is 100 cm³/mol. The van der Waals surface area contributed by atoms with Crippen LogP contribution in [-0.4, -0.2) is 23.2 Å². The highest BCUT2D eigenvalue weighted by Crippen LogP contribution is 2.30. The number of carbonyl (C=O) groups excluding carboxylic acids is 1. The Kier molecular flexibility index (Phi) is 6.41. The van der Waals surface area contributed by atoms with E-state index < -0.39 is 4.92 Å². The van der Waals surface area contributed by atoms with Gasteiger partial charge in [-0.15, -0.1) is 11.8 Å².